The van der Waals surface area contributed by atoms with E-state index in [2.05, 4.69) is 25.9 Å². The molecule has 2 aromatic rings. The number of morpholine rings is 1. The summed E-state index contributed by atoms with van der Waals surface area (Å²) in [6.07, 6.45) is 2.69. The zero-order valence-electron chi connectivity index (χ0n) is 10.5. The Morgan fingerprint density at radius 1 is 1.45 bits per heavy atom. The molecule has 106 valence electrons. The SMILES string of the molecule is Nc1nccn2c(OC(=O)N3CCOCC3)nc(Br)c12. The second kappa shape index (κ2) is 5.25. The number of hydrogen-bond acceptors (Lipinski definition) is 6. The number of nitrogen functional groups attached to an aromatic ring is 1. The van der Waals surface area contributed by atoms with Crippen LogP contribution in [0.15, 0.2) is 17.0 Å². The molecule has 1 aliphatic rings. The van der Waals surface area contributed by atoms with Gasteiger partial charge < -0.3 is 20.1 Å². The van der Waals surface area contributed by atoms with Crippen molar-refractivity contribution in [2.24, 2.45) is 0 Å². The Kier molecular flexibility index (Phi) is 3.45. The number of nitrogens with zero attached hydrogens (tertiary/aromatic N) is 4. The maximum absolute atomic E-state index is 12.0. The Morgan fingerprint density at radius 3 is 2.95 bits per heavy atom. The van der Waals surface area contributed by atoms with Crippen LogP contribution in [0.2, 0.25) is 0 Å². The number of fused-ring (bicyclic) bond motifs is 1. The maximum atomic E-state index is 12.0. The largest absolute Gasteiger partial charge is 0.417 e. The lowest BCUT2D eigenvalue weighted by atomic mass is 10.5. The van der Waals surface area contributed by atoms with Crippen molar-refractivity contribution < 1.29 is 14.3 Å². The van der Waals surface area contributed by atoms with Gasteiger partial charge in [-0.3, -0.25) is 4.40 Å². The Labute approximate surface area is 122 Å². The molecule has 0 radical (unpaired) electrons. The van der Waals surface area contributed by atoms with Crippen molar-refractivity contribution in [2.45, 2.75) is 0 Å². The molecule has 0 spiro atoms. The van der Waals surface area contributed by atoms with Crippen molar-refractivity contribution >= 4 is 33.4 Å². The monoisotopic (exact) mass is 341 g/mol. The van der Waals surface area contributed by atoms with Crippen LogP contribution in [-0.4, -0.2) is 51.7 Å². The quantitative estimate of drug-likeness (QED) is 0.828. The predicted octanol–water partition coefficient (Wildman–Crippen LogP) is 0.905. The summed E-state index contributed by atoms with van der Waals surface area (Å²) in [7, 11) is 0. The number of aromatic nitrogens is 3. The third-order valence-electron chi connectivity index (χ3n) is 2.96. The van der Waals surface area contributed by atoms with E-state index in [1.807, 2.05) is 0 Å². The second-order valence-corrected chi connectivity index (χ2v) is 4.93. The van der Waals surface area contributed by atoms with Gasteiger partial charge in [0.05, 0.1) is 13.2 Å². The van der Waals surface area contributed by atoms with Gasteiger partial charge in [0.1, 0.15) is 10.1 Å². The minimum Gasteiger partial charge on any atom is -0.382 e. The molecule has 20 heavy (non-hydrogen) atoms. The van der Waals surface area contributed by atoms with Crippen molar-refractivity contribution in [1.29, 1.82) is 0 Å². The van der Waals surface area contributed by atoms with Gasteiger partial charge >= 0.3 is 12.1 Å². The highest BCUT2D eigenvalue weighted by atomic mass is 79.9. The minimum absolute atomic E-state index is 0.150. The van der Waals surface area contributed by atoms with Gasteiger partial charge in [0.15, 0.2) is 5.82 Å². The molecule has 1 saturated heterocycles. The van der Waals surface area contributed by atoms with E-state index in [0.717, 1.165) is 0 Å². The fourth-order valence-electron chi connectivity index (χ4n) is 1.96. The maximum Gasteiger partial charge on any atom is 0.417 e. The molecule has 0 aliphatic carbocycles. The number of halogens is 1. The third kappa shape index (κ3) is 2.29. The molecular weight excluding hydrogens is 330 g/mol. The number of carbonyl (C=O) groups excluding carboxylic acids is 1. The van der Waals surface area contributed by atoms with Crippen molar-refractivity contribution in [2.75, 3.05) is 32.0 Å². The molecule has 2 N–H and O–H groups in total. The molecule has 1 aliphatic heterocycles. The Morgan fingerprint density at radius 2 is 2.20 bits per heavy atom. The minimum atomic E-state index is -0.455. The van der Waals surface area contributed by atoms with E-state index in [1.165, 1.54) is 6.20 Å². The van der Waals surface area contributed by atoms with Crippen LogP contribution in [0, 0.1) is 0 Å². The summed E-state index contributed by atoms with van der Waals surface area (Å²) in [5.41, 5.74) is 6.34. The second-order valence-electron chi connectivity index (χ2n) is 4.18. The van der Waals surface area contributed by atoms with Gasteiger partial charge in [-0.1, -0.05) is 0 Å². The molecule has 0 atom stereocenters. The summed E-state index contributed by atoms with van der Waals surface area (Å²) in [4.78, 5) is 21.7. The van der Waals surface area contributed by atoms with E-state index < -0.39 is 6.09 Å². The summed E-state index contributed by atoms with van der Waals surface area (Å²) in [6, 6.07) is 0.150. The molecule has 0 bridgehead atoms. The van der Waals surface area contributed by atoms with Gasteiger partial charge in [0.2, 0.25) is 0 Å². The number of nitrogens with two attached hydrogens (primary N) is 1. The van der Waals surface area contributed by atoms with Crippen molar-refractivity contribution in [3.8, 4) is 6.01 Å². The van der Waals surface area contributed by atoms with Crippen LogP contribution in [0.25, 0.3) is 5.52 Å². The lowest BCUT2D eigenvalue weighted by Crippen LogP contribution is -2.42. The molecule has 1 fully saturated rings. The number of rotatable bonds is 1. The number of ether oxygens (including phenoxy) is 2. The van der Waals surface area contributed by atoms with Gasteiger partial charge in [0.25, 0.3) is 0 Å². The average molecular weight is 342 g/mol. The molecule has 2 aromatic heterocycles. The molecule has 0 aromatic carbocycles. The first-order valence-electron chi connectivity index (χ1n) is 5.99. The molecule has 0 unspecified atom stereocenters. The molecule has 9 heteroatoms. The van der Waals surface area contributed by atoms with Crippen LogP contribution in [0.3, 0.4) is 0 Å². The van der Waals surface area contributed by atoms with E-state index in [0.29, 0.717) is 42.2 Å². The molecular formula is C11H12BrN5O3. The van der Waals surface area contributed by atoms with E-state index in [1.54, 1.807) is 15.5 Å². The van der Waals surface area contributed by atoms with Crippen LogP contribution in [0.1, 0.15) is 0 Å². The molecule has 3 heterocycles. The molecule has 3 rings (SSSR count). The molecule has 8 nitrogen and oxygen atoms in total. The average Bonchev–Trinajstić information content (AvgIpc) is 2.77. The first kappa shape index (κ1) is 13.1. The Balaban J connectivity index is 1.87. The Hall–Kier alpha value is -1.87. The van der Waals surface area contributed by atoms with Crippen LogP contribution in [0.4, 0.5) is 10.6 Å². The van der Waals surface area contributed by atoms with Gasteiger partial charge in [-0.25, -0.2) is 9.78 Å². The summed E-state index contributed by atoms with van der Waals surface area (Å²) in [5, 5.41) is 0. The highest BCUT2D eigenvalue weighted by Gasteiger charge is 2.22. The van der Waals surface area contributed by atoms with Crippen LogP contribution >= 0.6 is 15.9 Å². The van der Waals surface area contributed by atoms with Crippen molar-refractivity contribution in [1.82, 2.24) is 19.3 Å². The third-order valence-corrected chi connectivity index (χ3v) is 3.51. The highest BCUT2D eigenvalue weighted by Crippen LogP contribution is 2.26. The zero-order valence-corrected chi connectivity index (χ0v) is 12.0. The summed E-state index contributed by atoms with van der Waals surface area (Å²) < 4.78 is 12.6. The summed E-state index contributed by atoms with van der Waals surface area (Å²) in [6.45, 7) is 2.04. The first-order chi connectivity index (χ1) is 9.66. The fourth-order valence-corrected chi connectivity index (χ4v) is 2.50. The lowest BCUT2D eigenvalue weighted by molar-refractivity contribution is 0.0406. The summed E-state index contributed by atoms with van der Waals surface area (Å²) in [5.74, 6) is 0.306. The highest BCUT2D eigenvalue weighted by molar-refractivity contribution is 9.10. The van der Waals surface area contributed by atoms with Crippen LogP contribution in [0.5, 0.6) is 6.01 Å². The first-order valence-corrected chi connectivity index (χ1v) is 6.78. The number of carbonyl (C=O) groups is 1. The van der Waals surface area contributed by atoms with Crippen LogP contribution in [-0.2, 0) is 4.74 Å². The smallest absolute Gasteiger partial charge is 0.382 e. The lowest BCUT2D eigenvalue weighted by Gasteiger charge is -2.25. The van der Waals surface area contributed by atoms with Crippen molar-refractivity contribution in [3.63, 3.8) is 0 Å². The topological polar surface area (TPSA) is 95.0 Å². The van der Waals surface area contributed by atoms with Gasteiger partial charge in [-0.05, 0) is 15.9 Å². The van der Waals surface area contributed by atoms with Crippen molar-refractivity contribution in [3.05, 3.63) is 17.0 Å². The fraction of sp³-hybridized carbons (Fsp3) is 0.364. The van der Waals surface area contributed by atoms with Gasteiger partial charge in [0, 0.05) is 25.5 Å². The molecule has 1 amide bonds. The van der Waals surface area contributed by atoms with E-state index in [9.17, 15) is 4.79 Å². The molecule has 0 saturated carbocycles. The van der Waals surface area contributed by atoms with E-state index >= 15 is 0 Å². The number of imidazole rings is 1. The van der Waals surface area contributed by atoms with Crippen LogP contribution < -0.4 is 10.5 Å². The predicted molar refractivity (Wildman–Crippen MR) is 73.5 cm³/mol. The Bertz CT molecular complexity index is 653. The number of anilines is 1. The zero-order chi connectivity index (χ0) is 14.1. The van der Waals surface area contributed by atoms with E-state index in [-0.39, 0.29) is 6.01 Å². The number of amides is 1. The number of hydrogen-bond donors (Lipinski definition) is 1. The van der Waals surface area contributed by atoms with Gasteiger partial charge in [-0.15, -0.1) is 0 Å². The normalized spacial score (nSPS) is 15.6. The van der Waals surface area contributed by atoms with E-state index in [4.69, 9.17) is 15.2 Å². The van der Waals surface area contributed by atoms with Gasteiger partial charge in [-0.2, -0.15) is 4.98 Å². The standard InChI is InChI=1S/C11H12BrN5O3/c12-8-7-9(13)14-1-2-17(7)10(15-8)20-11(18)16-3-5-19-6-4-16/h1-2H,3-6H2,(H2,13,14). The summed E-state index contributed by atoms with van der Waals surface area (Å²) >= 11 is 3.28.